The van der Waals surface area contributed by atoms with Crippen LogP contribution in [0.1, 0.15) is 16.8 Å². The van der Waals surface area contributed by atoms with Crippen LogP contribution in [0.4, 0.5) is 11.4 Å². The number of carbonyl (C=O) groups excluding carboxylic acids is 1. The summed E-state index contributed by atoms with van der Waals surface area (Å²) in [4.78, 5) is 22.6. The first kappa shape index (κ1) is 16.1. The lowest BCUT2D eigenvalue weighted by atomic mass is 10.1. The molecule has 0 spiro atoms. The third kappa shape index (κ3) is 3.41. The molecule has 1 aliphatic heterocycles. The minimum absolute atomic E-state index is 0.0259. The first-order chi connectivity index (χ1) is 11.5. The van der Waals surface area contributed by atoms with Gasteiger partial charge in [0, 0.05) is 30.3 Å². The predicted octanol–water partition coefficient (Wildman–Crippen LogP) is 3.66. The Morgan fingerprint density at radius 1 is 1.12 bits per heavy atom. The molecule has 0 saturated carbocycles. The molecular weight excluding hydrogens is 336 g/mol. The van der Waals surface area contributed by atoms with E-state index in [0.29, 0.717) is 30.4 Å². The van der Waals surface area contributed by atoms with Crippen molar-refractivity contribution in [3.05, 3.63) is 57.1 Å². The number of fused-ring (bicyclic) bond motifs is 1. The third-order valence-electron chi connectivity index (χ3n) is 3.41. The number of nitrogens with one attached hydrogen (secondary N) is 1. The quantitative estimate of drug-likeness (QED) is 0.675. The number of halogens is 1. The van der Waals surface area contributed by atoms with Gasteiger partial charge in [-0.3, -0.25) is 14.9 Å². The highest BCUT2D eigenvalue weighted by Gasteiger charge is 2.17. The van der Waals surface area contributed by atoms with Gasteiger partial charge in [-0.25, -0.2) is 0 Å². The number of nitro benzene ring substituents is 1. The largest absolute Gasteiger partial charge is 0.490 e. The van der Waals surface area contributed by atoms with Crippen LogP contribution in [0.15, 0.2) is 36.4 Å². The van der Waals surface area contributed by atoms with E-state index in [2.05, 4.69) is 5.32 Å². The molecule has 1 heterocycles. The number of nitro groups is 1. The molecule has 0 fully saturated rings. The first-order valence-corrected chi connectivity index (χ1v) is 7.57. The average Bonchev–Trinajstić information content (AvgIpc) is 2.79. The van der Waals surface area contributed by atoms with Crippen LogP contribution in [0, 0.1) is 10.1 Å². The summed E-state index contributed by atoms with van der Waals surface area (Å²) in [5.41, 5.74) is 0.299. The van der Waals surface area contributed by atoms with Crippen molar-refractivity contribution in [1.29, 1.82) is 0 Å². The zero-order chi connectivity index (χ0) is 17.1. The molecule has 0 atom stereocenters. The Morgan fingerprint density at radius 3 is 2.62 bits per heavy atom. The maximum atomic E-state index is 12.4. The number of hydrogen-bond acceptors (Lipinski definition) is 5. The summed E-state index contributed by atoms with van der Waals surface area (Å²) in [5, 5.41) is 13.6. The van der Waals surface area contributed by atoms with Crippen LogP contribution in [0.2, 0.25) is 5.02 Å². The van der Waals surface area contributed by atoms with Crippen LogP contribution >= 0.6 is 11.6 Å². The number of hydrogen-bond donors (Lipinski definition) is 1. The summed E-state index contributed by atoms with van der Waals surface area (Å²) in [5.74, 6) is 0.604. The molecule has 7 nitrogen and oxygen atoms in total. The van der Waals surface area contributed by atoms with Gasteiger partial charge in [-0.2, -0.15) is 0 Å². The Hall–Kier alpha value is -2.80. The Labute approximate surface area is 142 Å². The molecule has 2 aromatic carbocycles. The topological polar surface area (TPSA) is 90.7 Å². The minimum atomic E-state index is -0.583. The molecule has 1 N–H and O–H groups in total. The summed E-state index contributed by atoms with van der Waals surface area (Å²) in [6, 6.07) is 8.71. The minimum Gasteiger partial charge on any atom is -0.490 e. The zero-order valence-electron chi connectivity index (χ0n) is 12.5. The van der Waals surface area contributed by atoms with E-state index in [1.54, 1.807) is 18.2 Å². The van der Waals surface area contributed by atoms with E-state index in [9.17, 15) is 14.9 Å². The van der Waals surface area contributed by atoms with Crippen molar-refractivity contribution in [2.75, 3.05) is 18.5 Å². The molecule has 0 radical (unpaired) electrons. The summed E-state index contributed by atoms with van der Waals surface area (Å²) in [6.07, 6.45) is 0.777. The third-order valence-corrected chi connectivity index (χ3v) is 3.74. The average molecular weight is 349 g/mol. The van der Waals surface area contributed by atoms with E-state index >= 15 is 0 Å². The van der Waals surface area contributed by atoms with E-state index in [0.717, 1.165) is 12.5 Å². The number of anilines is 1. The molecule has 0 aliphatic carbocycles. The lowest BCUT2D eigenvalue weighted by Gasteiger charge is -2.11. The van der Waals surface area contributed by atoms with Crippen molar-refractivity contribution < 1.29 is 19.2 Å². The molecule has 3 rings (SSSR count). The zero-order valence-corrected chi connectivity index (χ0v) is 13.2. The lowest BCUT2D eigenvalue weighted by molar-refractivity contribution is -0.384. The SMILES string of the molecule is O=C(Nc1ccc2c(c1)OCCCO2)c1cc([N+](=O)[O-])ccc1Cl. The Kier molecular flexibility index (Phi) is 4.52. The summed E-state index contributed by atoms with van der Waals surface area (Å²) in [6.45, 7) is 1.10. The standard InChI is InChI=1S/C16H13ClN2O5/c17-13-4-3-11(19(21)22)9-12(13)16(20)18-10-2-5-14-15(8-10)24-7-1-6-23-14/h2-5,8-9H,1,6-7H2,(H,18,20). The van der Waals surface area contributed by atoms with Crippen LogP contribution in [-0.2, 0) is 0 Å². The van der Waals surface area contributed by atoms with Gasteiger partial charge in [0.15, 0.2) is 11.5 Å². The Bertz CT molecular complexity index is 809. The second-order valence-electron chi connectivity index (χ2n) is 5.09. The van der Waals surface area contributed by atoms with Crippen LogP contribution < -0.4 is 14.8 Å². The van der Waals surface area contributed by atoms with Gasteiger partial charge in [0.25, 0.3) is 11.6 Å². The molecule has 2 aromatic rings. The number of amides is 1. The molecule has 24 heavy (non-hydrogen) atoms. The molecule has 0 saturated heterocycles. The van der Waals surface area contributed by atoms with E-state index in [1.807, 2.05) is 0 Å². The molecule has 124 valence electrons. The smallest absolute Gasteiger partial charge is 0.270 e. The fourth-order valence-corrected chi connectivity index (χ4v) is 2.44. The van der Waals surface area contributed by atoms with E-state index in [4.69, 9.17) is 21.1 Å². The Morgan fingerprint density at radius 2 is 1.88 bits per heavy atom. The fourth-order valence-electron chi connectivity index (χ4n) is 2.24. The molecule has 8 heteroatoms. The highest BCUT2D eigenvalue weighted by molar-refractivity contribution is 6.34. The van der Waals surface area contributed by atoms with Gasteiger partial charge in [0.1, 0.15) is 0 Å². The molecule has 0 aromatic heterocycles. The van der Waals surface area contributed by atoms with Crippen LogP contribution in [0.3, 0.4) is 0 Å². The number of rotatable bonds is 3. The van der Waals surface area contributed by atoms with Gasteiger partial charge >= 0.3 is 0 Å². The monoisotopic (exact) mass is 348 g/mol. The second kappa shape index (κ2) is 6.76. The number of carbonyl (C=O) groups is 1. The molecule has 1 aliphatic rings. The van der Waals surface area contributed by atoms with E-state index in [1.165, 1.54) is 12.1 Å². The highest BCUT2D eigenvalue weighted by atomic mass is 35.5. The van der Waals surface area contributed by atoms with Crippen molar-refractivity contribution in [1.82, 2.24) is 0 Å². The highest BCUT2D eigenvalue weighted by Crippen LogP contribution is 2.32. The number of ether oxygens (including phenoxy) is 2. The number of benzene rings is 2. The Balaban J connectivity index is 1.84. The number of non-ortho nitro benzene ring substituents is 1. The van der Waals surface area contributed by atoms with Crippen LogP contribution in [0.5, 0.6) is 11.5 Å². The molecule has 1 amide bonds. The van der Waals surface area contributed by atoms with Crippen LogP contribution in [0.25, 0.3) is 0 Å². The van der Waals surface area contributed by atoms with Gasteiger partial charge in [0.05, 0.1) is 28.7 Å². The van der Waals surface area contributed by atoms with Crippen molar-refractivity contribution in [2.24, 2.45) is 0 Å². The van der Waals surface area contributed by atoms with Gasteiger partial charge < -0.3 is 14.8 Å². The van der Waals surface area contributed by atoms with Gasteiger partial charge in [0.2, 0.25) is 0 Å². The summed E-state index contributed by atoms with van der Waals surface area (Å²) < 4.78 is 11.1. The summed E-state index contributed by atoms with van der Waals surface area (Å²) >= 11 is 5.97. The van der Waals surface area contributed by atoms with Crippen molar-refractivity contribution in [3.8, 4) is 11.5 Å². The lowest BCUT2D eigenvalue weighted by Crippen LogP contribution is -2.13. The fraction of sp³-hybridized carbons (Fsp3) is 0.188. The van der Waals surface area contributed by atoms with E-state index in [-0.39, 0.29) is 16.3 Å². The van der Waals surface area contributed by atoms with Crippen molar-refractivity contribution >= 4 is 28.9 Å². The van der Waals surface area contributed by atoms with Crippen LogP contribution in [-0.4, -0.2) is 24.0 Å². The maximum absolute atomic E-state index is 12.4. The first-order valence-electron chi connectivity index (χ1n) is 7.19. The normalized spacial score (nSPS) is 13.0. The molecule has 0 bridgehead atoms. The molecular formula is C16H13ClN2O5. The van der Waals surface area contributed by atoms with Gasteiger partial charge in [-0.1, -0.05) is 11.6 Å². The second-order valence-corrected chi connectivity index (χ2v) is 5.49. The predicted molar refractivity (Wildman–Crippen MR) is 88.1 cm³/mol. The summed E-state index contributed by atoms with van der Waals surface area (Å²) in [7, 11) is 0. The van der Waals surface area contributed by atoms with E-state index < -0.39 is 10.8 Å². The van der Waals surface area contributed by atoms with Crippen molar-refractivity contribution in [3.63, 3.8) is 0 Å². The maximum Gasteiger partial charge on any atom is 0.270 e. The molecule has 0 unspecified atom stereocenters. The van der Waals surface area contributed by atoms with Crippen molar-refractivity contribution in [2.45, 2.75) is 6.42 Å². The van der Waals surface area contributed by atoms with Gasteiger partial charge in [-0.15, -0.1) is 0 Å². The van der Waals surface area contributed by atoms with Gasteiger partial charge in [-0.05, 0) is 18.2 Å². The number of nitrogens with zero attached hydrogens (tertiary/aromatic N) is 1.